The summed E-state index contributed by atoms with van der Waals surface area (Å²) in [4.78, 5) is 17.4. The number of rotatable bonds is 4. The molecule has 29 heavy (non-hydrogen) atoms. The maximum absolute atomic E-state index is 11.7. The molecule has 4 nitrogen and oxygen atoms in total. The molecule has 3 unspecified atom stereocenters. The standard InChI is InChI=1S/C12H21N3O.C8H16.C5H10/c1-15-11(16)10(14-12(15)13)8-7-9-5-3-2-4-6-9;1-7-4-3-5-8(2)6-7;1-2-5-3-4-5/h9-10H,2-8H2,1H3,(H2,13,14);7-8H,3-6H2,1-2H3;5H,2-4H2,1H3. The van der Waals surface area contributed by atoms with Crippen LogP contribution >= 0.6 is 0 Å². The normalized spacial score (nSPS) is 30.1. The van der Waals surface area contributed by atoms with Gasteiger partial charge in [-0.3, -0.25) is 9.69 Å². The van der Waals surface area contributed by atoms with Crippen LogP contribution in [-0.2, 0) is 4.79 Å². The quantitative estimate of drug-likeness (QED) is 0.610. The average Bonchev–Trinajstić information content (AvgIpc) is 3.52. The second-order valence-electron chi connectivity index (χ2n) is 10.2. The summed E-state index contributed by atoms with van der Waals surface area (Å²) in [7, 11) is 1.70. The van der Waals surface area contributed by atoms with Crippen molar-refractivity contribution in [3.63, 3.8) is 0 Å². The number of nitrogens with two attached hydrogens (primary N) is 1. The Morgan fingerprint density at radius 1 is 0.897 bits per heavy atom. The maximum Gasteiger partial charge on any atom is 0.253 e. The largest absolute Gasteiger partial charge is 0.369 e. The number of nitrogens with zero attached hydrogens (tertiary/aromatic N) is 2. The van der Waals surface area contributed by atoms with Crippen LogP contribution in [0.25, 0.3) is 0 Å². The van der Waals surface area contributed by atoms with Crippen molar-refractivity contribution in [2.75, 3.05) is 7.05 Å². The minimum atomic E-state index is -0.202. The Kier molecular flexibility index (Phi) is 10.5. The van der Waals surface area contributed by atoms with Crippen LogP contribution in [0, 0.1) is 23.7 Å². The third-order valence-corrected chi connectivity index (χ3v) is 7.29. The van der Waals surface area contributed by atoms with Crippen LogP contribution in [0.1, 0.15) is 111 Å². The highest BCUT2D eigenvalue weighted by Crippen LogP contribution is 2.31. The lowest BCUT2D eigenvalue weighted by Crippen LogP contribution is -2.35. The van der Waals surface area contributed by atoms with Crippen LogP contribution in [0.5, 0.6) is 0 Å². The Balaban J connectivity index is 0.000000190. The summed E-state index contributed by atoms with van der Waals surface area (Å²) in [6, 6.07) is -0.202. The number of amides is 1. The van der Waals surface area contributed by atoms with Crippen molar-refractivity contribution in [3.05, 3.63) is 0 Å². The number of carbonyl (C=O) groups excluding carboxylic acids is 1. The molecule has 2 N–H and O–H groups in total. The molecule has 4 aliphatic rings. The first-order valence-corrected chi connectivity index (χ1v) is 12.5. The maximum atomic E-state index is 11.7. The van der Waals surface area contributed by atoms with E-state index in [9.17, 15) is 4.79 Å². The molecule has 1 amide bonds. The third kappa shape index (κ3) is 9.09. The molecule has 0 bridgehead atoms. The highest BCUT2D eigenvalue weighted by atomic mass is 16.2. The van der Waals surface area contributed by atoms with Crippen molar-refractivity contribution in [2.24, 2.45) is 34.4 Å². The van der Waals surface area contributed by atoms with Crippen molar-refractivity contribution in [3.8, 4) is 0 Å². The van der Waals surface area contributed by atoms with Crippen molar-refractivity contribution in [1.82, 2.24) is 4.90 Å². The first-order chi connectivity index (χ1) is 13.9. The highest BCUT2D eigenvalue weighted by molar-refractivity contribution is 6.03. The van der Waals surface area contributed by atoms with Gasteiger partial charge in [-0.1, -0.05) is 91.4 Å². The number of guanidine groups is 1. The predicted molar refractivity (Wildman–Crippen MR) is 124 cm³/mol. The summed E-state index contributed by atoms with van der Waals surface area (Å²) in [6.07, 6.45) is 19.1. The van der Waals surface area contributed by atoms with Gasteiger partial charge in [-0.15, -0.1) is 0 Å². The number of hydrogen-bond acceptors (Lipinski definition) is 3. The number of hydrogen-bond donors (Lipinski definition) is 1. The summed E-state index contributed by atoms with van der Waals surface area (Å²) >= 11 is 0. The molecule has 3 aliphatic carbocycles. The fraction of sp³-hybridized carbons (Fsp3) is 0.920. The second-order valence-corrected chi connectivity index (χ2v) is 10.2. The van der Waals surface area contributed by atoms with Crippen molar-refractivity contribution < 1.29 is 4.79 Å². The lowest BCUT2D eigenvalue weighted by atomic mass is 9.84. The van der Waals surface area contributed by atoms with E-state index < -0.39 is 0 Å². The summed E-state index contributed by atoms with van der Waals surface area (Å²) in [5.74, 6) is 4.41. The van der Waals surface area contributed by atoms with Gasteiger partial charge in [-0.25, -0.2) is 4.99 Å². The number of carbonyl (C=O) groups is 1. The molecular weight excluding hydrogens is 358 g/mol. The topological polar surface area (TPSA) is 58.7 Å². The highest BCUT2D eigenvalue weighted by Gasteiger charge is 2.30. The molecule has 0 radical (unpaired) electrons. The SMILES string of the molecule is CC1CCCC(C)C1.CCC1CC1.CN1C(=O)C(CCC2CCCCC2)N=C1N. The molecule has 0 saturated heterocycles. The van der Waals surface area contributed by atoms with Crippen LogP contribution in [0.3, 0.4) is 0 Å². The molecule has 168 valence electrons. The van der Waals surface area contributed by atoms with Crippen LogP contribution in [0.2, 0.25) is 0 Å². The van der Waals surface area contributed by atoms with E-state index in [1.165, 1.54) is 81.9 Å². The lowest BCUT2D eigenvalue weighted by Gasteiger charge is -2.22. The van der Waals surface area contributed by atoms with Gasteiger partial charge >= 0.3 is 0 Å². The van der Waals surface area contributed by atoms with E-state index in [1.54, 1.807) is 7.05 Å². The average molecular weight is 406 g/mol. The molecule has 0 aromatic rings. The van der Waals surface area contributed by atoms with E-state index in [0.717, 1.165) is 36.5 Å². The van der Waals surface area contributed by atoms with Crippen molar-refractivity contribution in [2.45, 2.75) is 117 Å². The fourth-order valence-corrected chi connectivity index (χ4v) is 4.96. The molecule has 0 spiro atoms. The van der Waals surface area contributed by atoms with Gasteiger partial charge in [-0.2, -0.15) is 0 Å². The zero-order valence-electron chi connectivity index (χ0n) is 19.7. The van der Waals surface area contributed by atoms with Crippen LogP contribution < -0.4 is 5.73 Å². The summed E-state index contributed by atoms with van der Waals surface area (Å²) in [5.41, 5.74) is 5.62. The Hall–Kier alpha value is -1.06. The molecule has 3 atom stereocenters. The van der Waals surface area contributed by atoms with Gasteiger partial charge in [0.1, 0.15) is 6.04 Å². The molecule has 3 fully saturated rings. The van der Waals surface area contributed by atoms with Crippen LogP contribution in [0.15, 0.2) is 4.99 Å². The Bertz CT molecular complexity index is 500. The Morgan fingerprint density at radius 2 is 1.52 bits per heavy atom. The predicted octanol–water partition coefficient (Wildman–Crippen LogP) is 6.14. The molecular formula is C25H47N3O. The van der Waals surface area contributed by atoms with E-state index >= 15 is 0 Å². The monoisotopic (exact) mass is 405 g/mol. The van der Waals surface area contributed by atoms with E-state index in [4.69, 9.17) is 5.73 Å². The lowest BCUT2D eigenvalue weighted by molar-refractivity contribution is -0.126. The minimum absolute atomic E-state index is 0.0632. The molecule has 1 heterocycles. The van der Waals surface area contributed by atoms with E-state index in [-0.39, 0.29) is 11.9 Å². The van der Waals surface area contributed by atoms with Gasteiger partial charge in [0.15, 0.2) is 5.96 Å². The summed E-state index contributed by atoms with van der Waals surface area (Å²) < 4.78 is 0. The summed E-state index contributed by atoms with van der Waals surface area (Å²) in [6.45, 7) is 7.00. The first kappa shape index (κ1) is 24.2. The molecule has 0 aromatic carbocycles. The van der Waals surface area contributed by atoms with E-state index in [0.29, 0.717) is 5.96 Å². The van der Waals surface area contributed by atoms with Crippen LogP contribution in [-0.4, -0.2) is 29.9 Å². The molecule has 3 saturated carbocycles. The Morgan fingerprint density at radius 3 is 1.90 bits per heavy atom. The van der Waals surface area contributed by atoms with Gasteiger partial charge < -0.3 is 5.73 Å². The number of aliphatic imine (C=N–C) groups is 1. The fourth-order valence-electron chi connectivity index (χ4n) is 4.96. The Labute approximate surface area is 180 Å². The van der Waals surface area contributed by atoms with Crippen LogP contribution in [0.4, 0.5) is 0 Å². The minimum Gasteiger partial charge on any atom is -0.369 e. The zero-order valence-corrected chi connectivity index (χ0v) is 19.7. The van der Waals surface area contributed by atoms with Gasteiger partial charge in [-0.05, 0) is 42.9 Å². The van der Waals surface area contributed by atoms with E-state index in [1.807, 2.05) is 0 Å². The summed E-state index contributed by atoms with van der Waals surface area (Å²) in [5, 5.41) is 0. The van der Waals surface area contributed by atoms with Gasteiger partial charge in [0.05, 0.1) is 0 Å². The van der Waals surface area contributed by atoms with Gasteiger partial charge in [0.2, 0.25) is 0 Å². The molecule has 1 aliphatic heterocycles. The van der Waals surface area contributed by atoms with Crippen molar-refractivity contribution in [1.29, 1.82) is 0 Å². The second kappa shape index (κ2) is 12.6. The van der Waals surface area contributed by atoms with E-state index in [2.05, 4.69) is 25.8 Å². The van der Waals surface area contributed by atoms with Gasteiger partial charge in [0.25, 0.3) is 5.91 Å². The number of likely N-dealkylation sites (N-methyl/N-ethyl adjacent to an activating group) is 1. The molecule has 4 heteroatoms. The first-order valence-electron chi connectivity index (χ1n) is 12.5. The zero-order chi connectivity index (χ0) is 21.2. The molecule has 0 aromatic heterocycles. The smallest absolute Gasteiger partial charge is 0.253 e. The van der Waals surface area contributed by atoms with Gasteiger partial charge in [0, 0.05) is 7.05 Å². The molecule has 4 rings (SSSR count). The third-order valence-electron chi connectivity index (χ3n) is 7.29. The van der Waals surface area contributed by atoms with Crippen molar-refractivity contribution >= 4 is 11.9 Å².